The number of benzene rings is 1. The molecule has 0 spiro atoms. The van der Waals surface area contributed by atoms with Gasteiger partial charge >= 0.3 is 0 Å². The number of nitrogens with two attached hydrogens (primary N) is 1. The monoisotopic (exact) mass is 249 g/mol. The minimum absolute atomic E-state index is 0.0993. The maximum Gasteiger partial charge on any atom is 0.130 e. The van der Waals surface area contributed by atoms with Crippen molar-refractivity contribution in [3.05, 3.63) is 24.3 Å². The summed E-state index contributed by atoms with van der Waals surface area (Å²) in [5.74, 6) is 0.786. The van der Waals surface area contributed by atoms with Gasteiger partial charge in [0.2, 0.25) is 0 Å². The number of rotatable bonds is 2. The minimum atomic E-state index is 0.0993. The van der Waals surface area contributed by atoms with E-state index in [1.54, 1.807) is 11.8 Å². The van der Waals surface area contributed by atoms with Crippen LogP contribution in [0.5, 0.6) is 0 Å². The van der Waals surface area contributed by atoms with Crippen LogP contribution >= 0.6 is 11.8 Å². The molecule has 0 bridgehead atoms. The summed E-state index contributed by atoms with van der Waals surface area (Å²) in [4.78, 5) is 3.70. The summed E-state index contributed by atoms with van der Waals surface area (Å²) in [5.41, 5.74) is 7.64. The van der Waals surface area contributed by atoms with E-state index in [0.29, 0.717) is 0 Å². The van der Waals surface area contributed by atoms with Gasteiger partial charge in [0.05, 0.1) is 5.69 Å². The summed E-state index contributed by atoms with van der Waals surface area (Å²) in [7, 11) is 0. The van der Waals surface area contributed by atoms with Crippen LogP contribution in [0.15, 0.2) is 29.2 Å². The van der Waals surface area contributed by atoms with Crippen molar-refractivity contribution in [1.82, 2.24) is 5.32 Å². The molecule has 1 atom stereocenters. The fourth-order valence-electron chi connectivity index (χ4n) is 2.67. The summed E-state index contributed by atoms with van der Waals surface area (Å²) in [6.45, 7) is 3.41. The van der Waals surface area contributed by atoms with Gasteiger partial charge in [-0.15, -0.1) is 0 Å². The third-order valence-corrected chi connectivity index (χ3v) is 4.74. The number of thioether (sulfide) groups is 1. The van der Waals surface area contributed by atoms with Crippen LogP contribution in [0.1, 0.15) is 12.8 Å². The van der Waals surface area contributed by atoms with Gasteiger partial charge in [0.25, 0.3) is 0 Å². The zero-order valence-electron chi connectivity index (χ0n) is 9.93. The van der Waals surface area contributed by atoms with E-state index in [4.69, 9.17) is 5.73 Å². The number of nitrogens with zero attached hydrogens (tertiary/aromatic N) is 1. The lowest BCUT2D eigenvalue weighted by atomic mass is 9.97. The lowest BCUT2D eigenvalue weighted by Gasteiger charge is -2.31. The number of hydrogen-bond acceptors (Lipinski definition) is 4. The van der Waals surface area contributed by atoms with E-state index >= 15 is 0 Å². The summed E-state index contributed by atoms with van der Waals surface area (Å²) in [6.07, 6.45) is 2.55. The first-order chi connectivity index (χ1) is 8.34. The molecule has 2 aliphatic rings. The summed E-state index contributed by atoms with van der Waals surface area (Å²) in [6, 6.07) is 8.55. The van der Waals surface area contributed by atoms with Gasteiger partial charge in [0.15, 0.2) is 0 Å². The fraction of sp³-hybridized carbons (Fsp3) is 0.538. The van der Waals surface area contributed by atoms with Crippen molar-refractivity contribution < 1.29 is 0 Å². The first kappa shape index (κ1) is 11.4. The molecule has 17 heavy (non-hydrogen) atoms. The van der Waals surface area contributed by atoms with Crippen molar-refractivity contribution >= 4 is 17.4 Å². The molecule has 3 N–H and O–H groups in total. The van der Waals surface area contributed by atoms with E-state index in [1.807, 2.05) is 0 Å². The molecule has 3 nitrogen and oxygen atoms in total. The average Bonchev–Trinajstić information content (AvgIpc) is 2.68. The van der Waals surface area contributed by atoms with E-state index in [0.717, 1.165) is 25.6 Å². The van der Waals surface area contributed by atoms with Crippen molar-refractivity contribution in [2.75, 3.05) is 24.5 Å². The summed E-state index contributed by atoms with van der Waals surface area (Å²) in [5, 5.41) is 3.42. The lowest BCUT2D eigenvalue weighted by molar-refractivity contribution is 0.372. The van der Waals surface area contributed by atoms with Crippen molar-refractivity contribution in [3.8, 4) is 0 Å². The van der Waals surface area contributed by atoms with Crippen molar-refractivity contribution in [2.45, 2.75) is 23.2 Å². The molecule has 2 heterocycles. The molecule has 3 rings (SSSR count). The van der Waals surface area contributed by atoms with Crippen molar-refractivity contribution in [2.24, 2.45) is 11.7 Å². The number of anilines is 1. The molecule has 1 aromatic rings. The summed E-state index contributed by atoms with van der Waals surface area (Å²) < 4.78 is 0. The Morgan fingerprint density at radius 1 is 1.29 bits per heavy atom. The van der Waals surface area contributed by atoms with Crippen molar-refractivity contribution in [3.63, 3.8) is 0 Å². The maximum atomic E-state index is 6.22. The molecular formula is C13H19N3S. The van der Waals surface area contributed by atoms with Gasteiger partial charge in [0.1, 0.15) is 5.50 Å². The Labute approximate surface area is 107 Å². The Kier molecular flexibility index (Phi) is 3.27. The smallest absolute Gasteiger partial charge is 0.130 e. The SMILES string of the molecule is NC1Sc2ccccc2N1CC1CCNCC1. The van der Waals surface area contributed by atoms with Crippen LogP contribution in [-0.2, 0) is 0 Å². The molecule has 2 aliphatic heterocycles. The number of para-hydroxylation sites is 1. The molecule has 1 aromatic carbocycles. The molecule has 92 valence electrons. The Morgan fingerprint density at radius 2 is 2.06 bits per heavy atom. The lowest BCUT2D eigenvalue weighted by Crippen LogP contribution is -2.42. The van der Waals surface area contributed by atoms with E-state index in [2.05, 4.69) is 34.5 Å². The van der Waals surface area contributed by atoms with Crippen LogP contribution in [0.25, 0.3) is 0 Å². The molecule has 1 saturated heterocycles. The molecule has 0 saturated carbocycles. The molecular weight excluding hydrogens is 230 g/mol. The second-order valence-corrected chi connectivity index (χ2v) is 5.98. The first-order valence-corrected chi connectivity index (χ1v) is 7.21. The van der Waals surface area contributed by atoms with E-state index in [1.165, 1.54) is 23.4 Å². The maximum absolute atomic E-state index is 6.22. The van der Waals surface area contributed by atoms with E-state index in [-0.39, 0.29) is 5.50 Å². The van der Waals surface area contributed by atoms with Gasteiger partial charge in [-0.1, -0.05) is 23.9 Å². The molecule has 1 unspecified atom stereocenters. The van der Waals surface area contributed by atoms with E-state index in [9.17, 15) is 0 Å². The third kappa shape index (κ3) is 2.30. The number of hydrogen-bond donors (Lipinski definition) is 2. The second kappa shape index (κ2) is 4.88. The molecule has 0 amide bonds. The zero-order valence-corrected chi connectivity index (χ0v) is 10.7. The highest BCUT2D eigenvalue weighted by Gasteiger charge is 2.29. The minimum Gasteiger partial charge on any atom is -0.346 e. The highest BCUT2D eigenvalue weighted by Crippen LogP contribution is 2.41. The topological polar surface area (TPSA) is 41.3 Å². The summed E-state index contributed by atoms with van der Waals surface area (Å²) >= 11 is 1.78. The Balaban J connectivity index is 1.74. The predicted molar refractivity (Wildman–Crippen MR) is 73.2 cm³/mol. The van der Waals surface area contributed by atoms with Crippen molar-refractivity contribution in [1.29, 1.82) is 0 Å². The molecule has 4 heteroatoms. The first-order valence-electron chi connectivity index (χ1n) is 6.33. The number of fused-ring (bicyclic) bond motifs is 1. The van der Waals surface area contributed by atoms with Gasteiger partial charge < -0.3 is 16.0 Å². The quantitative estimate of drug-likeness (QED) is 0.839. The number of nitrogens with one attached hydrogen (secondary N) is 1. The van der Waals surface area contributed by atoms with Crippen LogP contribution in [0.4, 0.5) is 5.69 Å². The largest absolute Gasteiger partial charge is 0.346 e. The van der Waals surface area contributed by atoms with Gasteiger partial charge in [0, 0.05) is 11.4 Å². The Bertz CT molecular complexity index is 390. The molecule has 0 aromatic heterocycles. The normalized spacial score (nSPS) is 25.0. The Morgan fingerprint density at radius 3 is 2.88 bits per heavy atom. The van der Waals surface area contributed by atoms with Gasteiger partial charge in [-0.25, -0.2) is 0 Å². The van der Waals surface area contributed by atoms with Crippen LogP contribution < -0.4 is 16.0 Å². The van der Waals surface area contributed by atoms with Crippen LogP contribution in [0, 0.1) is 5.92 Å². The highest BCUT2D eigenvalue weighted by atomic mass is 32.2. The Hall–Kier alpha value is -0.710. The van der Waals surface area contributed by atoms with Gasteiger partial charge in [-0.2, -0.15) is 0 Å². The molecule has 0 aliphatic carbocycles. The van der Waals surface area contributed by atoms with Gasteiger partial charge in [-0.05, 0) is 44.0 Å². The van der Waals surface area contributed by atoms with Gasteiger partial charge in [-0.3, -0.25) is 0 Å². The van der Waals surface area contributed by atoms with Crippen LogP contribution in [-0.4, -0.2) is 25.1 Å². The van der Waals surface area contributed by atoms with Crippen LogP contribution in [0.2, 0.25) is 0 Å². The second-order valence-electron chi connectivity index (χ2n) is 4.82. The molecule has 1 fully saturated rings. The third-order valence-electron chi connectivity index (χ3n) is 3.64. The average molecular weight is 249 g/mol. The van der Waals surface area contributed by atoms with E-state index < -0.39 is 0 Å². The zero-order chi connectivity index (χ0) is 11.7. The standard InChI is InChI=1S/C13H19N3S/c14-13-16(9-10-5-7-15-8-6-10)11-3-1-2-4-12(11)17-13/h1-4,10,13,15H,5-9,14H2. The number of piperidine rings is 1. The van der Waals surface area contributed by atoms with Crippen LogP contribution in [0.3, 0.4) is 0 Å². The highest BCUT2D eigenvalue weighted by molar-refractivity contribution is 8.00. The fourth-order valence-corrected chi connectivity index (χ4v) is 3.72. The predicted octanol–water partition coefficient (Wildman–Crippen LogP) is 1.84. The molecule has 0 radical (unpaired) electrons.